The second-order valence-electron chi connectivity index (χ2n) is 5.61. The molecular formula is C18H21FN2. The van der Waals surface area contributed by atoms with E-state index in [0.29, 0.717) is 6.04 Å². The molecule has 2 nitrogen and oxygen atoms in total. The smallest absolute Gasteiger partial charge is 0.127 e. The Morgan fingerprint density at radius 3 is 2.57 bits per heavy atom. The zero-order chi connectivity index (χ0) is 14.7. The van der Waals surface area contributed by atoms with E-state index in [1.807, 2.05) is 18.2 Å². The maximum absolute atomic E-state index is 14.0. The SMILES string of the molecule is CC(c1ccccc1F)N1CCNC(c2ccccc2)C1. The highest BCUT2D eigenvalue weighted by Gasteiger charge is 2.25. The minimum atomic E-state index is -0.111. The van der Waals surface area contributed by atoms with Crippen LogP contribution < -0.4 is 5.32 Å². The fourth-order valence-corrected chi connectivity index (χ4v) is 3.04. The molecule has 0 aromatic heterocycles. The monoisotopic (exact) mass is 284 g/mol. The lowest BCUT2D eigenvalue weighted by Crippen LogP contribution is -2.46. The van der Waals surface area contributed by atoms with E-state index in [9.17, 15) is 4.39 Å². The van der Waals surface area contributed by atoms with E-state index < -0.39 is 0 Å². The summed E-state index contributed by atoms with van der Waals surface area (Å²) in [6.07, 6.45) is 0. The zero-order valence-corrected chi connectivity index (χ0v) is 12.3. The molecule has 1 N–H and O–H groups in total. The summed E-state index contributed by atoms with van der Waals surface area (Å²) in [4.78, 5) is 2.35. The summed E-state index contributed by atoms with van der Waals surface area (Å²) in [5, 5.41) is 3.55. The average Bonchev–Trinajstić information content (AvgIpc) is 2.56. The van der Waals surface area contributed by atoms with Gasteiger partial charge >= 0.3 is 0 Å². The molecule has 1 aliphatic heterocycles. The highest BCUT2D eigenvalue weighted by Crippen LogP contribution is 2.27. The van der Waals surface area contributed by atoms with Gasteiger partial charge in [-0.05, 0) is 18.6 Å². The van der Waals surface area contributed by atoms with Crippen LogP contribution in [-0.4, -0.2) is 24.5 Å². The van der Waals surface area contributed by atoms with E-state index in [2.05, 4.69) is 41.4 Å². The molecule has 1 aliphatic rings. The summed E-state index contributed by atoms with van der Waals surface area (Å²) in [5.41, 5.74) is 2.08. The van der Waals surface area contributed by atoms with Crippen molar-refractivity contribution in [1.82, 2.24) is 10.2 Å². The number of halogens is 1. The maximum Gasteiger partial charge on any atom is 0.127 e. The number of nitrogens with one attached hydrogen (secondary N) is 1. The Labute approximate surface area is 125 Å². The topological polar surface area (TPSA) is 15.3 Å². The molecule has 2 aromatic rings. The van der Waals surface area contributed by atoms with E-state index >= 15 is 0 Å². The lowest BCUT2D eigenvalue weighted by Gasteiger charge is -2.38. The largest absolute Gasteiger partial charge is 0.308 e. The Balaban J connectivity index is 1.76. The number of hydrogen-bond acceptors (Lipinski definition) is 2. The molecule has 0 spiro atoms. The van der Waals surface area contributed by atoms with Gasteiger partial charge in [-0.15, -0.1) is 0 Å². The summed E-state index contributed by atoms with van der Waals surface area (Å²) in [6.45, 7) is 4.86. The zero-order valence-electron chi connectivity index (χ0n) is 12.3. The van der Waals surface area contributed by atoms with Crippen molar-refractivity contribution >= 4 is 0 Å². The standard InChI is InChI=1S/C18H21FN2/c1-14(16-9-5-6-10-17(16)19)21-12-11-20-18(13-21)15-7-3-2-4-8-15/h2-10,14,18,20H,11-13H2,1H3. The van der Waals surface area contributed by atoms with Gasteiger partial charge in [0, 0.05) is 37.3 Å². The van der Waals surface area contributed by atoms with Crippen molar-refractivity contribution in [2.24, 2.45) is 0 Å². The Hall–Kier alpha value is -1.71. The van der Waals surface area contributed by atoms with Crippen molar-refractivity contribution in [2.75, 3.05) is 19.6 Å². The molecule has 2 unspecified atom stereocenters. The molecule has 0 radical (unpaired) electrons. The molecule has 21 heavy (non-hydrogen) atoms. The normalized spacial score (nSPS) is 21.1. The summed E-state index contributed by atoms with van der Waals surface area (Å²) in [7, 11) is 0. The van der Waals surface area contributed by atoms with Gasteiger partial charge in [-0.1, -0.05) is 48.5 Å². The first-order valence-electron chi connectivity index (χ1n) is 7.52. The lowest BCUT2D eigenvalue weighted by atomic mass is 10.0. The molecule has 1 saturated heterocycles. The number of hydrogen-bond donors (Lipinski definition) is 1. The molecule has 1 fully saturated rings. The molecule has 3 rings (SSSR count). The van der Waals surface area contributed by atoms with Crippen molar-refractivity contribution in [3.63, 3.8) is 0 Å². The lowest BCUT2D eigenvalue weighted by molar-refractivity contribution is 0.151. The number of rotatable bonds is 3. The van der Waals surface area contributed by atoms with Crippen LogP contribution >= 0.6 is 0 Å². The second kappa shape index (κ2) is 6.37. The Kier molecular flexibility index (Phi) is 4.32. The van der Waals surface area contributed by atoms with Gasteiger partial charge in [0.1, 0.15) is 5.82 Å². The van der Waals surface area contributed by atoms with Gasteiger partial charge in [0.25, 0.3) is 0 Å². The summed E-state index contributed by atoms with van der Waals surface area (Å²) in [5.74, 6) is -0.111. The molecule has 0 bridgehead atoms. The van der Waals surface area contributed by atoms with Crippen LogP contribution in [-0.2, 0) is 0 Å². The number of benzene rings is 2. The molecule has 0 amide bonds. The molecule has 0 saturated carbocycles. The summed E-state index contributed by atoms with van der Waals surface area (Å²) >= 11 is 0. The minimum Gasteiger partial charge on any atom is -0.308 e. The highest BCUT2D eigenvalue weighted by atomic mass is 19.1. The van der Waals surface area contributed by atoms with Gasteiger partial charge in [-0.3, -0.25) is 4.90 Å². The van der Waals surface area contributed by atoms with Crippen molar-refractivity contribution < 1.29 is 4.39 Å². The first-order chi connectivity index (χ1) is 10.3. The van der Waals surface area contributed by atoms with Gasteiger partial charge in [0.15, 0.2) is 0 Å². The van der Waals surface area contributed by atoms with E-state index in [1.165, 1.54) is 5.56 Å². The highest BCUT2D eigenvalue weighted by molar-refractivity contribution is 5.23. The molecule has 3 heteroatoms. The third-order valence-electron chi connectivity index (χ3n) is 4.31. The molecule has 2 aromatic carbocycles. The van der Waals surface area contributed by atoms with Gasteiger partial charge in [0.2, 0.25) is 0 Å². The maximum atomic E-state index is 14.0. The molecule has 1 heterocycles. The van der Waals surface area contributed by atoms with Crippen molar-refractivity contribution in [3.05, 3.63) is 71.5 Å². The van der Waals surface area contributed by atoms with Crippen LogP contribution in [0.15, 0.2) is 54.6 Å². The van der Waals surface area contributed by atoms with E-state index in [4.69, 9.17) is 0 Å². The molecule has 2 atom stereocenters. The van der Waals surface area contributed by atoms with E-state index in [1.54, 1.807) is 12.1 Å². The number of piperazine rings is 1. The van der Waals surface area contributed by atoms with Gasteiger partial charge < -0.3 is 5.32 Å². The van der Waals surface area contributed by atoms with Crippen molar-refractivity contribution in [2.45, 2.75) is 19.0 Å². The first-order valence-corrected chi connectivity index (χ1v) is 7.52. The average molecular weight is 284 g/mol. The first kappa shape index (κ1) is 14.2. The fraction of sp³-hybridized carbons (Fsp3) is 0.333. The van der Waals surface area contributed by atoms with Crippen LogP contribution in [0.3, 0.4) is 0 Å². The van der Waals surface area contributed by atoms with Gasteiger partial charge in [-0.25, -0.2) is 4.39 Å². The Morgan fingerprint density at radius 2 is 1.81 bits per heavy atom. The van der Waals surface area contributed by atoms with Gasteiger partial charge in [0.05, 0.1) is 0 Å². The summed E-state index contributed by atoms with van der Waals surface area (Å²) < 4.78 is 14.0. The predicted octanol–water partition coefficient (Wildman–Crippen LogP) is 3.53. The van der Waals surface area contributed by atoms with Crippen molar-refractivity contribution in [3.8, 4) is 0 Å². The second-order valence-corrected chi connectivity index (χ2v) is 5.61. The fourth-order valence-electron chi connectivity index (χ4n) is 3.04. The van der Waals surface area contributed by atoms with E-state index in [-0.39, 0.29) is 11.9 Å². The van der Waals surface area contributed by atoms with Crippen LogP contribution in [0.1, 0.15) is 30.1 Å². The summed E-state index contributed by atoms with van der Waals surface area (Å²) in [6, 6.07) is 18.0. The van der Waals surface area contributed by atoms with Crippen LogP contribution in [0.4, 0.5) is 4.39 Å². The quantitative estimate of drug-likeness (QED) is 0.927. The van der Waals surface area contributed by atoms with Crippen LogP contribution in [0, 0.1) is 5.82 Å². The van der Waals surface area contributed by atoms with Gasteiger partial charge in [-0.2, -0.15) is 0 Å². The van der Waals surface area contributed by atoms with Crippen LogP contribution in [0.5, 0.6) is 0 Å². The number of nitrogens with zero attached hydrogens (tertiary/aromatic N) is 1. The van der Waals surface area contributed by atoms with Crippen LogP contribution in [0.2, 0.25) is 0 Å². The Morgan fingerprint density at radius 1 is 1.10 bits per heavy atom. The molecule has 0 aliphatic carbocycles. The van der Waals surface area contributed by atoms with E-state index in [0.717, 1.165) is 25.2 Å². The predicted molar refractivity (Wildman–Crippen MR) is 83.6 cm³/mol. The minimum absolute atomic E-state index is 0.0968. The third kappa shape index (κ3) is 3.14. The third-order valence-corrected chi connectivity index (χ3v) is 4.31. The van der Waals surface area contributed by atoms with Crippen molar-refractivity contribution in [1.29, 1.82) is 0 Å². The molecule has 110 valence electrons. The molecular weight excluding hydrogens is 263 g/mol. The van der Waals surface area contributed by atoms with Crippen LogP contribution in [0.25, 0.3) is 0 Å². The Bertz CT molecular complexity index is 585.